The van der Waals surface area contributed by atoms with Crippen LogP contribution in [-0.4, -0.2) is 18.1 Å². The van der Waals surface area contributed by atoms with Gasteiger partial charge in [-0.1, -0.05) is 0 Å². The lowest BCUT2D eigenvalue weighted by Crippen LogP contribution is -2.31. The third-order valence-corrected chi connectivity index (χ3v) is 2.85. The second-order valence-electron chi connectivity index (χ2n) is 4.07. The maximum Gasteiger partial charge on any atom is 0.101 e. The van der Waals surface area contributed by atoms with Crippen molar-refractivity contribution in [2.24, 2.45) is 5.92 Å². The zero-order valence-corrected chi connectivity index (χ0v) is 8.74. The van der Waals surface area contributed by atoms with Gasteiger partial charge in [-0.25, -0.2) is 0 Å². The van der Waals surface area contributed by atoms with E-state index < -0.39 is 0 Å². The van der Waals surface area contributed by atoms with E-state index in [0.29, 0.717) is 11.5 Å². The number of nitriles is 1. The molecular formula is C12H15N3. The summed E-state index contributed by atoms with van der Waals surface area (Å²) in [6, 6.07) is 5.89. The second kappa shape index (κ2) is 4.90. The summed E-state index contributed by atoms with van der Waals surface area (Å²) in [6.07, 6.45) is 5.24. The van der Waals surface area contributed by atoms with Gasteiger partial charge in [0, 0.05) is 11.9 Å². The fourth-order valence-corrected chi connectivity index (χ4v) is 2.01. The summed E-state index contributed by atoms with van der Waals surface area (Å²) in [4.78, 5) is 4.29. The topological polar surface area (TPSA) is 48.7 Å². The van der Waals surface area contributed by atoms with Crippen LogP contribution in [0.5, 0.6) is 0 Å². The minimum absolute atomic E-state index is 0.639. The Kier molecular flexibility index (Phi) is 3.31. The molecule has 0 bridgehead atoms. The number of nitrogens with one attached hydrogen (secondary N) is 1. The lowest BCUT2D eigenvalue weighted by molar-refractivity contribution is 0.373. The zero-order valence-electron chi connectivity index (χ0n) is 8.74. The van der Waals surface area contributed by atoms with Gasteiger partial charge in [-0.05, 0) is 50.4 Å². The standard InChI is InChI=1S/C12H15N3/c13-7-11-3-4-12(15-9-11)6-10-2-1-5-14-8-10/h3-4,9-10,14H,1-2,5-6,8H2. The summed E-state index contributed by atoms with van der Waals surface area (Å²) >= 11 is 0. The highest BCUT2D eigenvalue weighted by Gasteiger charge is 2.13. The molecule has 0 saturated carbocycles. The summed E-state index contributed by atoms with van der Waals surface area (Å²) in [5.41, 5.74) is 1.74. The van der Waals surface area contributed by atoms with Crippen LogP contribution in [0.15, 0.2) is 18.3 Å². The number of rotatable bonds is 2. The van der Waals surface area contributed by atoms with Crippen LogP contribution in [0.1, 0.15) is 24.1 Å². The Morgan fingerprint density at radius 3 is 3.07 bits per heavy atom. The molecule has 78 valence electrons. The summed E-state index contributed by atoms with van der Waals surface area (Å²) in [6.45, 7) is 2.25. The van der Waals surface area contributed by atoms with Crippen LogP contribution in [0.25, 0.3) is 0 Å². The van der Waals surface area contributed by atoms with E-state index in [1.807, 2.05) is 12.1 Å². The molecule has 0 aliphatic carbocycles. The summed E-state index contributed by atoms with van der Waals surface area (Å²) in [7, 11) is 0. The van der Waals surface area contributed by atoms with Gasteiger partial charge in [-0.3, -0.25) is 4.98 Å². The molecule has 3 heteroatoms. The predicted molar refractivity (Wildman–Crippen MR) is 58.2 cm³/mol. The van der Waals surface area contributed by atoms with Gasteiger partial charge in [0.1, 0.15) is 6.07 Å². The molecule has 0 aromatic carbocycles. The monoisotopic (exact) mass is 201 g/mol. The fourth-order valence-electron chi connectivity index (χ4n) is 2.01. The SMILES string of the molecule is N#Cc1ccc(CC2CCCNC2)nc1. The first-order valence-electron chi connectivity index (χ1n) is 5.44. The maximum absolute atomic E-state index is 8.65. The highest BCUT2D eigenvalue weighted by Crippen LogP contribution is 2.15. The fraction of sp³-hybridized carbons (Fsp3) is 0.500. The molecular weight excluding hydrogens is 186 g/mol. The highest BCUT2D eigenvalue weighted by molar-refractivity contribution is 5.26. The van der Waals surface area contributed by atoms with Crippen LogP contribution in [0.3, 0.4) is 0 Å². The molecule has 0 spiro atoms. The van der Waals surface area contributed by atoms with E-state index in [-0.39, 0.29) is 0 Å². The van der Waals surface area contributed by atoms with Gasteiger partial charge in [0.05, 0.1) is 5.56 Å². The number of hydrogen-bond donors (Lipinski definition) is 1. The largest absolute Gasteiger partial charge is 0.316 e. The van der Waals surface area contributed by atoms with Crippen LogP contribution < -0.4 is 5.32 Å². The van der Waals surface area contributed by atoms with Crippen molar-refractivity contribution < 1.29 is 0 Å². The quantitative estimate of drug-likeness (QED) is 0.788. The molecule has 1 N–H and O–H groups in total. The van der Waals surface area contributed by atoms with E-state index in [4.69, 9.17) is 5.26 Å². The smallest absolute Gasteiger partial charge is 0.101 e. The molecule has 1 unspecified atom stereocenters. The van der Waals surface area contributed by atoms with Crippen molar-refractivity contribution in [1.29, 1.82) is 5.26 Å². The summed E-state index contributed by atoms with van der Waals surface area (Å²) in [5.74, 6) is 0.708. The van der Waals surface area contributed by atoms with Gasteiger partial charge in [-0.15, -0.1) is 0 Å². The Morgan fingerprint density at radius 2 is 2.47 bits per heavy atom. The molecule has 2 heterocycles. The maximum atomic E-state index is 8.65. The third kappa shape index (κ3) is 2.77. The van der Waals surface area contributed by atoms with Crippen molar-refractivity contribution in [1.82, 2.24) is 10.3 Å². The molecule has 15 heavy (non-hydrogen) atoms. The minimum Gasteiger partial charge on any atom is -0.316 e. The minimum atomic E-state index is 0.639. The van der Waals surface area contributed by atoms with Crippen LogP contribution in [-0.2, 0) is 6.42 Å². The second-order valence-corrected chi connectivity index (χ2v) is 4.07. The average molecular weight is 201 g/mol. The molecule has 1 saturated heterocycles. The van der Waals surface area contributed by atoms with Crippen molar-refractivity contribution in [3.05, 3.63) is 29.6 Å². The highest BCUT2D eigenvalue weighted by atomic mass is 14.9. The Labute approximate surface area is 90.1 Å². The Morgan fingerprint density at radius 1 is 1.53 bits per heavy atom. The van der Waals surface area contributed by atoms with E-state index >= 15 is 0 Å². The zero-order chi connectivity index (χ0) is 10.5. The predicted octanol–water partition coefficient (Wildman–Crippen LogP) is 1.50. The normalized spacial score (nSPS) is 20.9. The molecule has 1 fully saturated rings. The Bertz CT molecular complexity index is 344. The van der Waals surface area contributed by atoms with Crippen LogP contribution in [0, 0.1) is 17.2 Å². The van der Waals surface area contributed by atoms with Crippen molar-refractivity contribution in [3.63, 3.8) is 0 Å². The summed E-state index contributed by atoms with van der Waals surface area (Å²) < 4.78 is 0. The number of hydrogen-bond acceptors (Lipinski definition) is 3. The van der Waals surface area contributed by atoms with E-state index in [0.717, 1.165) is 25.2 Å². The third-order valence-electron chi connectivity index (χ3n) is 2.85. The van der Waals surface area contributed by atoms with Crippen molar-refractivity contribution in [2.75, 3.05) is 13.1 Å². The average Bonchev–Trinajstić information content (AvgIpc) is 2.31. The molecule has 1 aliphatic rings. The summed E-state index contributed by atoms with van der Waals surface area (Å²) in [5, 5.41) is 12.0. The van der Waals surface area contributed by atoms with Crippen LogP contribution >= 0.6 is 0 Å². The Hall–Kier alpha value is -1.40. The van der Waals surface area contributed by atoms with Crippen LogP contribution in [0.4, 0.5) is 0 Å². The van der Waals surface area contributed by atoms with Crippen molar-refractivity contribution in [2.45, 2.75) is 19.3 Å². The van der Waals surface area contributed by atoms with Gasteiger partial charge in [0.25, 0.3) is 0 Å². The van der Waals surface area contributed by atoms with Gasteiger partial charge in [0.2, 0.25) is 0 Å². The molecule has 1 atom stereocenters. The van der Waals surface area contributed by atoms with Crippen molar-refractivity contribution in [3.8, 4) is 6.07 Å². The number of nitrogens with zero attached hydrogens (tertiary/aromatic N) is 2. The van der Waals surface area contributed by atoms with Crippen LogP contribution in [0.2, 0.25) is 0 Å². The van der Waals surface area contributed by atoms with E-state index in [1.54, 1.807) is 6.20 Å². The number of pyridine rings is 1. The van der Waals surface area contributed by atoms with Gasteiger partial charge < -0.3 is 5.32 Å². The molecule has 1 aromatic rings. The first-order chi connectivity index (χ1) is 7.38. The lowest BCUT2D eigenvalue weighted by Gasteiger charge is -2.22. The van der Waals surface area contributed by atoms with Gasteiger partial charge >= 0.3 is 0 Å². The molecule has 0 radical (unpaired) electrons. The molecule has 3 nitrogen and oxygen atoms in total. The number of piperidine rings is 1. The van der Waals surface area contributed by atoms with E-state index in [9.17, 15) is 0 Å². The van der Waals surface area contributed by atoms with Gasteiger partial charge in [-0.2, -0.15) is 5.26 Å². The molecule has 0 amide bonds. The molecule has 2 rings (SSSR count). The van der Waals surface area contributed by atoms with E-state index in [2.05, 4.69) is 16.4 Å². The first kappa shape index (κ1) is 10.1. The molecule has 1 aromatic heterocycles. The number of aromatic nitrogens is 1. The van der Waals surface area contributed by atoms with E-state index in [1.165, 1.54) is 12.8 Å². The lowest BCUT2D eigenvalue weighted by atomic mass is 9.94. The van der Waals surface area contributed by atoms with Gasteiger partial charge in [0.15, 0.2) is 0 Å². The first-order valence-corrected chi connectivity index (χ1v) is 5.44. The molecule has 1 aliphatic heterocycles. The van der Waals surface area contributed by atoms with Crippen molar-refractivity contribution >= 4 is 0 Å². The Balaban J connectivity index is 1.95.